The van der Waals surface area contributed by atoms with Crippen LogP contribution >= 0.6 is 11.3 Å². The third-order valence-corrected chi connectivity index (χ3v) is 3.96. The summed E-state index contributed by atoms with van der Waals surface area (Å²) < 4.78 is 0. The SMILES string of the molecule is OC[C@@H]1[C@@H](O)[C@H](O)CCN1Cc1cccs1. The standard InChI is InChI=1S/C11H17NO3S/c13-7-9-11(15)10(14)3-4-12(9)6-8-2-1-5-16-8/h1-2,5,9-11,13-15H,3-4,6-7H2/t9-,10-,11-/m1/s1. The molecule has 1 aliphatic heterocycles. The van der Waals surface area contributed by atoms with E-state index in [-0.39, 0.29) is 12.6 Å². The van der Waals surface area contributed by atoms with Crippen LogP contribution in [0.15, 0.2) is 17.5 Å². The molecule has 1 saturated heterocycles. The molecule has 0 aliphatic carbocycles. The van der Waals surface area contributed by atoms with Crippen LogP contribution in [-0.2, 0) is 6.54 Å². The molecule has 0 radical (unpaired) electrons. The summed E-state index contributed by atoms with van der Waals surface area (Å²) in [7, 11) is 0. The monoisotopic (exact) mass is 243 g/mol. The Kier molecular flexibility index (Phi) is 3.94. The summed E-state index contributed by atoms with van der Waals surface area (Å²) in [6, 6.07) is 3.67. The topological polar surface area (TPSA) is 63.9 Å². The van der Waals surface area contributed by atoms with Gasteiger partial charge in [0.2, 0.25) is 0 Å². The second kappa shape index (κ2) is 5.25. The second-order valence-electron chi connectivity index (χ2n) is 4.15. The van der Waals surface area contributed by atoms with Gasteiger partial charge in [0.05, 0.1) is 24.9 Å². The van der Waals surface area contributed by atoms with Crippen LogP contribution < -0.4 is 0 Å². The van der Waals surface area contributed by atoms with Crippen LogP contribution in [0.25, 0.3) is 0 Å². The maximum absolute atomic E-state index is 9.79. The fraction of sp³-hybridized carbons (Fsp3) is 0.636. The van der Waals surface area contributed by atoms with Gasteiger partial charge in [-0.1, -0.05) is 6.07 Å². The van der Waals surface area contributed by atoms with Crippen molar-refractivity contribution in [3.05, 3.63) is 22.4 Å². The molecule has 0 unspecified atom stereocenters. The predicted molar refractivity (Wildman–Crippen MR) is 62.2 cm³/mol. The van der Waals surface area contributed by atoms with Gasteiger partial charge in [-0.3, -0.25) is 4.90 Å². The Bertz CT molecular complexity index is 317. The molecule has 1 fully saturated rings. The lowest BCUT2D eigenvalue weighted by molar-refractivity contribution is -0.0918. The van der Waals surface area contributed by atoms with E-state index in [1.165, 1.54) is 4.88 Å². The molecule has 0 amide bonds. The molecule has 16 heavy (non-hydrogen) atoms. The number of aliphatic hydroxyl groups excluding tert-OH is 3. The van der Waals surface area contributed by atoms with Crippen molar-refractivity contribution in [1.29, 1.82) is 0 Å². The molecular weight excluding hydrogens is 226 g/mol. The molecule has 1 aliphatic rings. The Morgan fingerprint density at radius 2 is 2.25 bits per heavy atom. The van der Waals surface area contributed by atoms with Gasteiger partial charge in [-0.15, -0.1) is 11.3 Å². The van der Waals surface area contributed by atoms with E-state index in [1.54, 1.807) is 11.3 Å². The molecule has 0 bridgehead atoms. The normalized spacial score (nSPS) is 31.8. The summed E-state index contributed by atoms with van der Waals surface area (Å²) in [4.78, 5) is 3.24. The highest BCUT2D eigenvalue weighted by molar-refractivity contribution is 7.09. The van der Waals surface area contributed by atoms with Crippen molar-refractivity contribution >= 4 is 11.3 Å². The molecule has 2 rings (SSSR count). The van der Waals surface area contributed by atoms with Crippen molar-refractivity contribution in [2.45, 2.75) is 31.2 Å². The number of nitrogens with zero attached hydrogens (tertiary/aromatic N) is 1. The van der Waals surface area contributed by atoms with Gasteiger partial charge in [-0.25, -0.2) is 0 Å². The zero-order chi connectivity index (χ0) is 11.5. The average Bonchev–Trinajstić information content (AvgIpc) is 2.77. The van der Waals surface area contributed by atoms with E-state index < -0.39 is 12.2 Å². The first-order chi connectivity index (χ1) is 7.72. The van der Waals surface area contributed by atoms with Gasteiger partial charge in [0.25, 0.3) is 0 Å². The van der Waals surface area contributed by atoms with Crippen LogP contribution in [0.1, 0.15) is 11.3 Å². The molecule has 1 aromatic heterocycles. The van der Waals surface area contributed by atoms with E-state index >= 15 is 0 Å². The minimum Gasteiger partial charge on any atom is -0.395 e. The van der Waals surface area contributed by atoms with E-state index in [0.717, 1.165) is 6.54 Å². The van der Waals surface area contributed by atoms with Crippen LogP contribution in [-0.4, -0.2) is 51.6 Å². The molecule has 5 heteroatoms. The molecule has 4 nitrogen and oxygen atoms in total. The molecule has 90 valence electrons. The first-order valence-electron chi connectivity index (χ1n) is 5.46. The Morgan fingerprint density at radius 3 is 2.88 bits per heavy atom. The number of thiophene rings is 1. The Labute approximate surface area is 98.8 Å². The van der Waals surface area contributed by atoms with E-state index in [2.05, 4.69) is 0 Å². The maximum Gasteiger partial charge on any atom is 0.0976 e. The van der Waals surface area contributed by atoms with E-state index in [4.69, 9.17) is 0 Å². The molecule has 0 aromatic carbocycles. The lowest BCUT2D eigenvalue weighted by atomic mass is 9.96. The van der Waals surface area contributed by atoms with Gasteiger partial charge in [0.15, 0.2) is 0 Å². The fourth-order valence-corrected chi connectivity index (χ4v) is 2.86. The van der Waals surface area contributed by atoms with E-state index in [9.17, 15) is 15.3 Å². The zero-order valence-electron chi connectivity index (χ0n) is 8.99. The summed E-state index contributed by atoms with van der Waals surface area (Å²) >= 11 is 1.66. The number of rotatable bonds is 3. The molecule has 2 heterocycles. The number of likely N-dealkylation sites (tertiary alicyclic amines) is 1. The molecule has 1 aromatic rings. The summed E-state index contributed by atoms with van der Waals surface area (Å²) in [5.41, 5.74) is 0. The Balaban J connectivity index is 2.03. The largest absolute Gasteiger partial charge is 0.395 e. The number of hydrogen-bond donors (Lipinski definition) is 3. The first-order valence-corrected chi connectivity index (χ1v) is 6.33. The Hall–Kier alpha value is -0.460. The molecule has 0 spiro atoms. The van der Waals surface area contributed by atoms with Crippen molar-refractivity contribution in [2.75, 3.05) is 13.2 Å². The minimum atomic E-state index is -0.848. The first kappa shape index (κ1) is 12.0. The highest BCUT2D eigenvalue weighted by atomic mass is 32.1. The number of aliphatic hydroxyl groups is 3. The molecular formula is C11H17NO3S. The molecule has 3 atom stereocenters. The maximum atomic E-state index is 9.79. The van der Waals surface area contributed by atoms with Crippen molar-refractivity contribution in [3.63, 3.8) is 0 Å². The zero-order valence-corrected chi connectivity index (χ0v) is 9.81. The van der Waals surface area contributed by atoms with E-state index in [1.807, 2.05) is 22.4 Å². The third-order valence-electron chi connectivity index (χ3n) is 3.10. The smallest absolute Gasteiger partial charge is 0.0976 e. The highest BCUT2D eigenvalue weighted by Crippen LogP contribution is 2.22. The predicted octanol–water partition coefficient (Wildman–Crippen LogP) is 0.0365. The Morgan fingerprint density at radius 1 is 1.44 bits per heavy atom. The number of piperidine rings is 1. The third kappa shape index (κ3) is 2.44. The quantitative estimate of drug-likeness (QED) is 0.701. The van der Waals surface area contributed by atoms with Crippen LogP contribution in [0.2, 0.25) is 0 Å². The van der Waals surface area contributed by atoms with Crippen LogP contribution in [0.3, 0.4) is 0 Å². The van der Waals surface area contributed by atoms with Gasteiger partial charge in [-0.2, -0.15) is 0 Å². The fourth-order valence-electron chi connectivity index (χ4n) is 2.13. The van der Waals surface area contributed by atoms with Crippen molar-refractivity contribution in [2.24, 2.45) is 0 Å². The second-order valence-corrected chi connectivity index (χ2v) is 5.18. The number of hydrogen-bond acceptors (Lipinski definition) is 5. The minimum absolute atomic E-state index is 0.121. The molecule has 3 N–H and O–H groups in total. The summed E-state index contributed by atoms with van der Waals surface area (Å²) in [6.07, 6.45) is -1.00. The van der Waals surface area contributed by atoms with Crippen molar-refractivity contribution in [3.8, 4) is 0 Å². The van der Waals surface area contributed by atoms with Gasteiger partial charge >= 0.3 is 0 Å². The van der Waals surface area contributed by atoms with Gasteiger partial charge < -0.3 is 15.3 Å². The summed E-state index contributed by atoms with van der Waals surface area (Å²) in [5, 5.41) is 30.6. The lowest BCUT2D eigenvalue weighted by Gasteiger charge is -2.40. The highest BCUT2D eigenvalue weighted by Gasteiger charge is 2.35. The summed E-state index contributed by atoms with van der Waals surface area (Å²) in [6.45, 7) is 1.32. The van der Waals surface area contributed by atoms with E-state index in [0.29, 0.717) is 13.0 Å². The average molecular weight is 243 g/mol. The van der Waals surface area contributed by atoms with Crippen molar-refractivity contribution in [1.82, 2.24) is 4.90 Å². The van der Waals surface area contributed by atoms with Crippen LogP contribution in [0, 0.1) is 0 Å². The molecule has 0 saturated carbocycles. The van der Waals surface area contributed by atoms with Crippen LogP contribution in [0.4, 0.5) is 0 Å². The van der Waals surface area contributed by atoms with Gasteiger partial charge in [0.1, 0.15) is 0 Å². The van der Waals surface area contributed by atoms with Gasteiger partial charge in [0, 0.05) is 18.0 Å². The van der Waals surface area contributed by atoms with Gasteiger partial charge in [-0.05, 0) is 17.9 Å². The van der Waals surface area contributed by atoms with Crippen molar-refractivity contribution < 1.29 is 15.3 Å². The summed E-state index contributed by atoms with van der Waals surface area (Å²) in [5.74, 6) is 0. The lowest BCUT2D eigenvalue weighted by Crippen LogP contribution is -2.55. The van der Waals surface area contributed by atoms with Crippen LogP contribution in [0.5, 0.6) is 0 Å².